The van der Waals surface area contributed by atoms with E-state index in [0.717, 1.165) is 47.3 Å². The third-order valence-electron chi connectivity index (χ3n) is 12.7. The molecule has 0 radical (unpaired) electrons. The van der Waals surface area contributed by atoms with Gasteiger partial charge in [-0.05, 0) is 96.1 Å². The minimum atomic E-state index is -0.437. The first kappa shape index (κ1) is 40.0. The molecule has 7 nitrogen and oxygen atoms in total. The second kappa shape index (κ2) is 17.3. The Morgan fingerprint density at radius 2 is 0.937 bits per heavy atom. The maximum Gasteiger partial charge on any atom is 0.268 e. The van der Waals surface area contributed by atoms with Crippen molar-refractivity contribution in [2.24, 2.45) is 0 Å². The fourth-order valence-electron chi connectivity index (χ4n) is 9.54. The number of aromatic nitrogens is 4. The van der Waals surface area contributed by atoms with Crippen LogP contribution in [0, 0.1) is 0 Å². The van der Waals surface area contributed by atoms with Crippen molar-refractivity contribution < 1.29 is 9.59 Å². The number of carbonyl (C=O) groups is 2. The second-order valence-corrected chi connectivity index (χ2v) is 16.9. The number of hydrogen-bond donors (Lipinski definition) is 0. The zero-order chi connectivity index (χ0) is 42.9. The molecule has 1 aliphatic heterocycles. The van der Waals surface area contributed by atoms with Gasteiger partial charge >= 0.3 is 0 Å². The number of anilines is 1. The summed E-state index contributed by atoms with van der Waals surface area (Å²) in [5.41, 5.74) is 9.09. The summed E-state index contributed by atoms with van der Waals surface area (Å²) in [6.07, 6.45) is 17.7. The molecule has 0 atom stereocenters. The molecule has 0 saturated heterocycles. The maximum atomic E-state index is 14.2. The van der Waals surface area contributed by atoms with Crippen molar-refractivity contribution in [2.75, 3.05) is 4.90 Å². The van der Waals surface area contributed by atoms with Gasteiger partial charge in [-0.3, -0.25) is 9.59 Å². The average Bonchev–Trinajstić information content (AvgIpc) is 3.80. The topological polar surface area (TPSA) is 73.0 Å². The normalized spacial score (nSPS) is 13.1. The monoisotopic (exact) mass is 825 g/mol. The molecule has 9 aromatic rings. The van der Waals surface area contributed by atoms with Gasteiger partial charge in [-0.15, -0.1) is 0 Å². The van der Waals surface area contributed by atoms with Gasteiger partial charge in [-0.2, -0.15) is 0 Å². The number of aryl methyl sites for hydroxylation is 2. The average molecular weight is 826 g/mol. The minimum Gasteiger partial charge on any atom is -0.340 e. The van der Waals surface area contributed by atoms with E-state index in [4.69, 9.17) is 9.97 Å². The second-order valence-electron chi connectivity index (χ2n) is 16.9. The molecule has 0 spiro atoms. The van der Waals surface area contributed by atoms with Crippen molar-refractivity contribution >= 4 is 96.5 Å². The number of rotatable bonds is 15. The molecule has 7 heteroatoms. The predicted octanol–water partition coefficient (Wildman–Crippen LogP) is 14.1. The van der Waals surface area contributed by atoms with Crippen LogP contribution in [0.1, 0.15) is 108 Å². The van der Waals surface area contributed by atoms with E-state index in [-0.39, 0.29) is 5.95 Å². The standard InChI is InChI=1S/C56H51N5O2/c1-3-5-7-13-33-59-49-23-11-9-19-43(49)47-35-38(27-31-51(47)59)25-29-41-37-42(58-56(57-41)61-54(62)45-21-15-17-40-18-16-22-46(53(40)45)55(61)63)30-26-39-28-32-52-48(36-39)44-20-10-12-24-50(44)60(52)34-14-8-6-4-2/h9-12,15-32,35-37H,3-8,13-14,33-34H2,1-2H3/b29-25+,30-26+. The summed E-state index contributed by atoms with van der Waals surface area (Å²) in [5.74, 6) is -0.830. The number of carbonyl (C=O) groups excluding carboxylic acids is 2. The van der Waals surface area contributed by atoms with Crippen LogP contribution in [0.4, 0.5) is 5.95 Å². The lowest BCUT2D eigenvalue weighted by Crippen LogP contribution is -2.41. The molecule has 0 saturated carbocycles. The minimum absolute atomic E-state index is 0.0431. The van der Waals surface area contributed by atoms with Crippen LogP contribution in [-0.4, -0.2) is 30.9 Å². The van der Waals surface area contributed by atoms with Gasteiger partial charge in [0.1, 0.15) is 0 Å². The molecule has 1 aliphatic rings. The Morgan fingerprint density at radius 1 is 0.460 bits per heavy atom. The van der Waals surface area contributed by atoms with Gasteiger partial charge in [-0.1, -0.05) is 137 Å². The molecule has 2 amide bonds. The van der Waals surface area contributed by atoms with Crippen LogP contribution < -0.4 is 4.90 Å². The fourth-order valence-corrected chi connectivity index (χ4v) is 9.54. The van der Waals surface area contributed by atoms with E-state index in [0.29, 0.717) is 27.9 Å². The van der Waals surface area contributed by atoms with Gasteiger partial charge < -0.3 is 9.13 Å². The highest BCUT2D eigenvalue weighted by molar-refractivity contribution is 6.35. The first-order chi connectivity index (χ1) is 31.0. The number of fused-ring (bicyclic) bond motifs is 6. The van der Waals surface area contributed by atoms with E-state index < -0.39 is 11.8 Å². The van der Waals surface area contributed by atoms with Crippen LogP contribution in [0.3, 0.4) is 0 Å². The summed E-state index contributed by atoms with van der Waals surface area (Å²) in [4.78, 5) is 39.4. The third-order valence-corrected chi connectivity index (χ3v) is 12.7. The highest BCUT2D eigenvalue weighted by atomic mass is 16.2. The van der Waals surface area contributed by atoms with Crippen LogP contribution in [0.15, 0.2) is 127 Å². The first-order valence-electron chi connectivity index (χ1n) is 22.7. The molecular weight excluding hydrogens is 775 g/mol. The van der Waals surface area contributed by atoms with Crippen molar-refractivity contribution in [2.45, 2.75) is 78.3 Å². The van der Waals surface area contributed by atoms with Gasteiger partial charge in [0, 0.05) is 73.2 Å². The van der Waals surface area contributed by atoms with Crippen molar-refractivity contribution in [3.63, 3.8) is 0 Å². The van der Waals surface area contributed by atoms with Crippen LogP contribution >= 0.6 is 0 Å². The molecule has 6 aromatic carbocycles. The van der Waals surface area contributed by atoms with Crippen molar-refractivity contribution in [1.82, 2.24) is 19.1 Å². The Morgan fingerprint density at radius 3 is 1.43 bits per heavy atom. The van der Waals surface area contributed by atoms with Crippen molar-refractivity contribution in [1.29, 1.82) is 0 Å². The van der Waals surface area contributed by atoms with E-state index in [2.05, 4.69) is 108 Å². The van der Waals surface area contributed by atoms with Crippen LogP contribution in [0.25, 0.3) is 78.7 Å². The molecule has 0 fully saturated rings. The summed E-state index contributed by atoms with van der Waals surface area (Å²) >= 11 is 0. The van der Waals surface area contributed by atoms with Crippen LogP contribution in [0.2, 0.25) is 0 Å². The molecular formula is C56H51N5O2. The molecule has 0 unspecified atom stereocenters. The van der Waals surface area contributed by atoms with Gasteiger partial charge in [0.25, 0.3) is 11.8 Å². The Bertz CT molecular complexity index is 3070. The summed E-state index contributed by atoms with van der Waals surface area (Å²) in [6.45, 7) is 6.47. The number of para-hydroxylation sites is 2. The molecule has 10 rings (SSSR count). The van der Waals surface area contributed by atoms with E-state index in [1.54, 1.807) is 12.1 Å². The summed E-state index contributed by atoms with van der Waals surface area (Å²) in [7, 11) is 0. The number of imide groups is 1. The van der Waals surface area contributed by atoms with Crippen molar-refractivity contribution in [3.05, 3.63) is 161 Å². The number of unbranched alkanes of at least 4 members (excludes halogenated alkanes) is 6. The third kappa shape index (κ3) is 7.52. The summed E-state index contributed by atoms with van der Waals surface area (Å²) in [5, 5.41) is 6.41. The number of benzene rings is 6. The Labute approximate surface area is 368 Å². The Hall–Kier alpha value is -7.12. The molecule has 312 valence electrons. The number of nitrogens with zero attached hydrogens (tertiary/aromatic N) is 5. The highest BCUT2D eigenvalue weighted by Gasteiger charge is 2.35. The molecule has 0 aliphatic carbocycles. The largest absolute Gasteiger partial charge is 0.340 e. The SMILES string of the molecule is CCCCCCn1c2ccccc2c2cc(/C=C/c3cc(/C=C/c4ccc5c(c4)c4ccccc4n5CCCCCC)nc(N4C(=O)c5cccc6cccc(c56)C4=O)n3)ccc21. The lowest BCUT2D eigenvalue weighted by atomic mass is 9.94. The van der Waals surface area contributed by atoms with Crippen LogP contribution in [-0.2, 0) is 13.1 Å². The summed E-state index contributed by atoms with van der Waals surface area (Å²) < 4.78 is 4.91. The van der Waals surface area contributed by atoms with E-state index in [1.165, 1.54) is 82.1 Å². The zero-order valence-corrected chi connectivity index (χ0v) is 36.1. The zero-order valence-electron chi connectivity index (χ0n) is 36.1. The molecule has 0 N–H and O–H groups in total. The van der Waals surface area contributed by atoms with Gasteiger partial charge in [0.15, 0.2) is 0 Å². The Kier molecular flexibility index (Phi) is 11.0. The van der Waals surface area contributed by atoms with Gasteiger partial charge in [0.2, 0.25) is 5.95 Å². The molecule has 63 heavy (non-hydrogen) atoms. The maximum absolute atomic E-state index is 14.2. The predicted molar refractivity (Wildman–Crippen MR) is 262 cm³/mol. The fraction of sp³-hybridized carbons (Fsp3) is 0.214. The lowest BCUT2D eigenvalue weighted by molar-refractivity contribution is 0.0891. The van der Waals surface area contributed by atoms with Crippen molar-refractivity contribution in [3.8, 4) is 0 Å². The summed E-state index contributed by atoms with van der Waals surface area (Å²) in [6, 6.07) is 43.5. The lowest BCUT2D eigenvalue weighted by Gasteiger charge is -2.25. The van der Waals surface area contributed by atoms with E-state index in [9.17, 15) is 9.59 Å². The number of amides is 2. The number of hydrogen-bond acceptors (Lipinski definition) is 4. The quantitative estimate of drug-likeness (QED) is 0.0762. The van der Waals surface area contributed by atoms with Gasteiger partial charge in [0.05, 0.1) is 11.4 Å². The van der Waals surface area contributed by atoms with E-state index >= 15 is 0 Å². The molecule has 4 heterocycles. The molecule has 0 bridgehead atoms. The highest BCUT2D eigenvalue weighted by Crippen LogP contribution is 2.35. The Balaban J connectivity index is 1.03. The first-order valence-corrected chi connectivity index (χ1v) is 22.7. The van der Waals surface area contributed by atoms with Gasteiger partial charge in [-0.25, -0.2) is 14.9 Å². The smallest absolute Gasteiger partial charge is 0.268 e. The molecule has 3 aromatic heterocycles. The van der Waals surface area contributed by atoms with Crippen LogP contribution in [0.5, 0.6) is 0 Å². The van der Waals surface area contributed by atoms with E-state index in [1.807, 2.05) is 54.6 Å².